The average Bonchev–Trinajstić information content (AvgIpc) is 2.28. The molecule has 1 aromatic heterocycles. The minimum atomic E-state index is -0.948. The van der Waals surface area contributed by atoms with E-state index in [1.807, 2.05) is 13.8 Å². The summed E-state index contributed by atoms with van der Waals surface area (Å²) in [5.41, 5.74) is 0.0832. The van der Waals surface area contributed by atoms with E-state index in [0.29, 0.717) is 12.1 Å². The van der Waals surface area contributed by atoms with Gasteiger partial charge in [-0.1, -0.05) is 13.8 Å². The summed E-state index contributed by atoms with van der Waals surface area (Å²) in [4.78, 5) is 22.8. The van der Waals surface area contributed by atoms with Crippen LogP contribution in [0.5, 0.6) is 0 Å². The molecule has 0 bridgehead atoms. The molecular weight excluding hydrogens is 302 g/mol. The van der Waals surface area contributed by atoms with Gasteiger partial charge >= 0.3 is 5.97 Å². The fourth-order valence-corrected chi connectivity index (χ4v) is 1.97. The fourth-order valence-electron chi connectivity index (χ4n) is 1.49. The Balaban J connectivity index is 2.98. The Morgan fingerprint density at radius 2 is 2.22 bits per heavy atom. The Bertz CT molecular complexity index is 499. The number of carboxylic acids is 1. The number of aliphatic carboxylic acids is 1. The van der Waals surface area contributed by atoms with E-state index in [-0.39, 0.29) is 15.9 Å². The maximum Gasteiger partial charge on any atom is 0.326 e. The van der Waals surface area contributed by atoms with E-state index < -0.39 is 12.0 Å². The predicted molar refractivity (Wildman–Crippen MR) is 71.7 cm³/mol. The van der Waals surface area contributed by atoms with Gasteiger partial charge in [-0.3, -0.25) is 4.79 Å². The van der Waals surface area contributed by atoms with E-state index in [0.717, 1.165) is 0 Å². The van der Waals surface area contributed by atoms with Crippen molar-refractivity contribution >= 4 is 27.6 Å². The predicted octanol–water partition coefficient (Wildman–Crippen LogP) is 1.45. The molecule has 6 nitrogen and oxygen atoms in total. The molecule has 100 valence electrons. The Labute approximate surface area is 113 Å². The molecule has 7 heteroatoms. The van der Waals surface area contributed by atoms with Crippen molar-refractivity contribution in [2.75, 3.05) is 5.32 Å². The topological polar surface area (TPSA) is 84.2 Å². The summed E-state index contributed by atoms with van der Waals surface area (Å²) < 4.78 is 1.46. The summed E-state index contributed by atoms with van der Waals surface area (Å²) in [6, 6.07) is -0.741. The number of carboxylic acid groups (broad SMARTS) is 1. The largest absolute Gasteiger partial charge is 0.480 e. The number of halogens is 1. The molecule has 0 fully saturated rings. The van der Waals surface area contributed by atoms with Gasteiger partial charge in [-0.2, -0.15) is 5.10 Å². The number of carbonyl (C=O) groups is 1. The minimum absolute atomic E-state index is 0.233. The molecule has 0 unspecified atom stereocenters. The summed E-state index contributed by atoms with van der Waals surface area (Å²) in [6.07, 6.45) is 1.90. The first-order valence-electron chi connectivity index (χ1n) is 5.54. The second kappa shape index (κ2) is 5.99. The van der Waals surface area contributed by atoms with Crippen LogP contribution < -0.4 is 10.9 Å². The van der Waals surface area contributed by atoms with Crippen LogP contribution in [0.1, 0.15) is 20.3 Å². The van der Waals surface area contributed by atoms with E-state index in [1.54, 1.807) is 0 Å². The molecule has 0 amide bonds. The van der Waals surface area contributed by atoms with Crippen LogP contribution in [0.2, 0.25) is 0 Å². The van der Waals surface area contributed by atoms with Gasteiger partial charge in [0.25, 0.3) is 5.56 Å². The Morgan fingerprint density at radius 3 is 2.72 bits per heavy atom. The zero-order valence-corrected chi connectivity index (χ0v) is 12.1. The van der Waals surface area contributed by atoms with Gasteiger partial charge in [0.05, 0.1) is 11.9 Å². The van der Waals surface area contributed by atoms with Crippen molar-refractivity contribution in [3.63, 3.8) is 0 Å². The van der Waals surface area contributed by atoms with Gasteiger partial charge < -0.3 is 10.4 Å². The van der Waals surface area contributed by atoms with Crippen LogP contribution in [-0.4, -0.2) is 26.9 Å². The highest BCUT2D eigenvalue weighted by atomic mass is 79.9. The van der Waals surface area contributed by atoms with Gasteiger partial charge in [0, 0.05) is 7.05 Å². The quantitative estimate of drug-likeness (QED) is 0.858. The van der Waals surface area contributed by atoms with Gasteiger partial charge in [0.15, 0.2) is 0 Å². The number of aryl methyl sites for hydroxylation is 1. The smallest absolute Gasteiger partial charge is 0.326 e. The van der Waals surface area contributed by atoms with Crippen molar-refractivity contribution in [1.29, 1.82) is 0 Å². The Hall–Kier alpha value is -1.37. The van der Waals surface area contributed by atoms with Crippen molar-refractivity contribution in [3.05, 3.63) is 21.0 Å². The third-order valence-electron chi connectivity index (χ3n) is 2.41. The molecule has 0 saturated carbocycles. The van der Waals surface area contributed by atoms with Crippen molar-refractivity contribution in [1.82, 2.24) is 9.78 Å². The first kappa shape index (κ1) is 14.7. The SMILES string of the molecule is CC(C)C[C@@H](Nc1cnn(C)c(=O)c1Br)C(=O)O. The van der Waals surface area contributed by atoms with Gasteiger partial charge in [-0.05, 0) is 28.3 Å². The first-order chi connectivity index (χ1) is 8.32. The highest BCUT2D eigenvalue weighted by Gasteiger charge is 2.20. The first-order valence-corrected chi connectivity index (χ1v) is 6.33. The molecule has 0 radical (unpaired) electrons. The van der Waals surface area contributed by atoms with E-state index in [1.165, 1.54) is 17.9 Å². The summed E-state index contributed by atoms with van der Waals surface area (Å²) in [6.45, 7) is 3.88. The third-order valence-corrected chi connectivity index (χ3v) is 3.18. The van der Waals surface area contributed by atoms with Gasteiger partial charge in [0.2, 0.25) is 0 Å². The van der Waals surface area contributed by atoms with E-state index in [9.17, 15) is 9.59 Å². The lowest BCUT2D eigenvalue weighted by Crippen LogP contribution is -2.32. The lowest BCUT2D eigenvalue weighted by molar-refractivity contribution is -0.138. The fraction of sp³-hybridized carbons (Fsp3) is 0.545. The normalized spacial score (nSPS) is 12.5. The van der Waals surface area contributed by atoms with Crippen LogP contribution in [0.25, 0.3) is 0 Å². The average molecular weight is 318 g/mol. The maximum atomic E-state index is 11.6. The van der Waals surface area contributed by atoms with Crippen LogP contribution in [-0.2, 0) is 11.8 Å². The lowest BCUT2D eigenvalue weighted by atomic mass is 10.0. The van der Waals surface area contributed by atoms with Crippen molar-refractivity contribution in [2.45, 2.75) is 26.3 Å². The van der Waals surface area contributed by atoms with E-state index >= 15 is 0 Å². The lowest BCUT2D eigenvalue weighted by Gasteiger charge is -2.18. The van der Waals surface area contributed by atoms with E-state index in [4.69, 9.17) is 5.11 Å². The van der Waals surface area contributed by atoms with Gasteiger partial charge in [0.1, 0.15) is 10.5 Å². The van der Waals surface area contributed by atoms with Crippen molar-refractivity contribution in [3.8, 4) is 0 Å². The maximum absolute atomic E-state index is 11.6. The molecule has 1 atom stereocenters. The number of hydrogen-bond acceptors (Lipinski definition) is 4. The highest BCUT2D eigenvalue weighted by Crippen LogP contribution is 2.19. The molecule has 2 N–H and O–H groups in total. The number of nitrogens with zero attached hydrogens (tertiary/aromatic N) is 2. The van der Waals surface area contributed by atoms with Gasteiger partial charge in [-0.25, -0.2) is 9.48 Å². The zero-order chi connectivity index (χ0) is 13.9. The molecule has 0 aliphatic carbocycles. The van der Waals surface area contributed by atoms with Crippen LogP contribution in [0, 0.1) is 5.92 Å². The number of anilines is 1. The van der Waals surface area contributed by atoms with Crippen LogP contribution >= 0.6 is 15.9 Å². The Morgan fingerprint density at radius 1 is 1.61 bits per heavy atom. The molecule has 0 spiro atoms. The number of hydrogen-bond donors (Lipinski definition) is 2. The monoisotopic (exact) mass is 317 g/mol. The van der Waals surface area contributed by atoms with Gasteiger partial charge in [-0.15, -0.1) is 0 Å². The summed E-state index contributed by atoms with van der Waals surface area (Å²) in [5.74, 6) is -0.715. The molecule has 0 saturated heterocycles. The highest BCUT2D eigenvalue weighted by molar-refractivity contribution is 9.10. The minimum Gasteiger partial charge on any atom is -0.480 e. The summed E-state index contributed by atoms with van der Waals surface area (Å²) >= 11 is 3.15. The second-order valence-corrected chi connectivity index (χ2v) is 5.26. The molecule has 1 rings (SSSR count). The molecule has 0 aliphatic rings. The summed E-state index contributed by atoms with van der Waals surface area (Å²) in [7, 11) is 1.53. The van der Waals surface area contributed by atoms with Crippen LogP contribution in [0.15, 0.2) is 15.5 Å². The van der Waals surface area contributed by atoms with E-state index in [2.05, 4.69) is 26.3 Å². The Kier molecular flexibility index (Phi) is 4.89. The molecule has 0 aromatic carbocycles. The molecular formula is C11H16BrN3O3. The van der Waals surface area contributed by atoms with Crippen LogP contribution in [0.4, 0.5) is 5.69 Å². The summed E-state index contributed by atoms with van der Waals surface area (Å²) in [5, 5.41) is 15.8. The third kappa shape index (κ3) is 3.56. The van der Waals surface area contributed by atoms with Crippen molar-refractivity contribution < 1.29 is 9.90 Å². The molecule has 1 aromatic rings. The second-order valence-electron chi connectivity index (χ2n) is 4.47. The molecule has 0 aliphatic heterocycles. The van der Waals surface area contributed by atoms with Crippen LogP contribution in [0.3, 0.4) is 0 Å². The molecule has 1 heterocycles. The number of rotatable bonds is 5. The van der Waals surface area contributed by atoms with Crippen molar-refractivity contribution in [2.24, 2.45) is 13.0 Å². The standard InChI is InChI=1S/C11H16BrN3O3/c1-6(2)4-7(11(17)18)14-8-5-13-15(3)10(16)9(8)12/h5-7,14H,4H2,1-3H3,(H,17,18)/t7-/m1/s1. The molecule has 18 heavy (non-hydrogen) atoms. The zero-order valence-electron chi connectivity index (χ0n) is 10.5. The number of aromatic nitrogens is 2. The number of nitrogens with one attached hydrogen (secondary N) is 1.